The fraction of sp³-hybridized carbons (Fsp3) is 0.393. The number of anilines is 1. The first-order chi connectivity index (χ1) is 17.6. The highest BCUT2D eigenvalue weighted by Crippen LogP contribution is 2.46. The zero-order valence-electron chi connectivity index (χ0n) is 21.6. The minimum Gasteiger partial charge on any atom is -0.463 e. The molecule has 8 nitrogen and oxygen atoms in total. The Morgan fingerprint density at radius 2 is 1.92 bits per heavy atom. The number of pyridine rings is 1. The third-order valence-corrected chi connectivity index (χ3v) is 7.44. The van der Waals surface area contributed by atoms with Gasteiger partial charge in [-0.1, -0.05) is 35.9 Å². The molecule has 1 saturated carbocycles. The predicted octanol–water partition coefficient (Wildman–Crippen LogP) is 5.55. The van der Waals surface area contributed by atoms with Crippen LogP contribution in [0.15, 0.2) is 46.9 Å². The van der Waals surface area contributed by atoms with Crippen LogP contribution in [0.5, 0.6) is 0 Å². The molecule has 0 spiro atoms. The van der Waals surface area contributed by atoms with Crippen LogP contribution >= 0.6 is 0 Å². The fourth-order valence-corrected chi connectivity index (χ4v) is 5.25. The summed E-state index contributed by atoms with van der Waals surface area (Å²) in [6.45, 7) is 5.71. The number of hydrogen-bond donors (Lipinski definition) is 0. The largest absolute Gasteiger partial charge is 0.463 e. The van der Waals surface area contributed by atoms with Crippen LogP contribution in [0, 0.1) is 6.92 Å². The summed E-state index contributed by atoms with van der Waals surface area (Å²) in [5, 5.41) is 0.597. The van der Waals surface area contributed by atoms with E-state index in [1.165, 1.54) is 17.3 Å². The SMILES string of the molecule is CCOC(=O)/C=C/CCCN(c1nc2oc(-c3ccc(C)cc3)c(C(C)=O)c2cc1C1CC1)S(C)(=O)=O. The van der Waals surface area contributed by atoms with E-state index in [-0.39, 0.29) is 24.0 Å². The van der Waals surface area contributed by atoms with Crippen LogP contribution in [0.25, 0.3) is 22.4 Å². The molecule has 9 heteroatoms. The normalized spacial score (nSPS) is 13.8. The number of allylic oxidation sites excluding steroid dienone is 1. The molecule has 3 aromatic rings. The van der Waals surface area contributed by atoms with Crippen molar-refractivity contribution < 1.29 is 27.2 Å². The van der Waals surface area contributed by atoms with E-state index >= 15 is 0 Å². The molecule has 2 aromatic heterocycles. The van der Waals surface area contributed by atoms with Gasteiger partial charge in [0.2, 0.25) is 15.7 Å². The van der Waals surface area contributed by atoms with Crippen molar-refractivity contribution in [1.82, 2.24) is 4.98 Å². The number of sulfonamides is 1. The first-order valence-corrected chi connectivity index (χ1v) is 14.3. The molecule has 0 atom stereocenters. The quantitative estimate of drug-likeness (QED) is 0.140. The maximum absolute atomic E-state index is 12.9. The average Bonchev–Trinajstić information content (AvgIpc) is 3.60. The highest BCUT2D eigenvalue weighted by Gasteiger charge is 2.33. The number of hydrogen-bond acceptors (Lipinski definition) is 7. The predicted molar refractivity (Wildman–Crippen MR) is 143 cm³/mol. The van der Waals surface area contributed by atoms with Gasteiger partial charge in [0.15, 0.2) is 5.78 Å². The molecule has 2 heterocycles. The number of ether oxygens (including phenoxy) is 1. The second-order valence-electron chi connectivity index (χ2n) is 9.39. The number of Topliss-reactive ketones (excluding diaryl/α,β-unsaturated/α-hetero) is 1. The number of carbonyl (C=O) groups excluding carboxylic acids is 2. The number of rotatable bonds is 11. The van der Waals surface area contributed by atoms with Crippen LogP contribution in [0.3, 0.4) is 0 Å². The Labute approximate surface area is 217 Å². The lowest BCUT2D eigenvalue weighted by Gasteiger charge is -2.23. The number of aryl methyl sites for hydroxylation is 1. The van der Waals surface area contributed by atoms with Crippen molar-refractivity contribution in [3.8, 4) is 11.3 Å². The van der Waals surface area contributed by atoms with Gasteiger partial charge in [0.25, 0.3) is 0 Å². The first kappa shape index (κ1) is 26.6. The molecule has 1 aliphatic carbocycles. The van der Waals surface area contributed by atoms with Gasteiger partial charge in [-0.2, -0.15) is 4.98 Å². The van der Waals surface area contributed by atoms with E-state index in [2.05, 4.69) is 0 Å². The Balaban J connectivity index is 1.74. The van der Waals surface area contributed by atoms with Gasteiger partial charge in [0, 0.05) is 18.2 Å². The number of aromatic nitrogens is 1. The van der Waals surface area contributed by atoms with Crippen LogP contribution in [0.2, 0.25) is 0 Å². The minimum atomic E-state index is -3.66. The molecule has 0 aliphatic heterocycles. The summed E-state index contributed by atoms with van der Waals surface area (Å²) in [6.07, 6.45) is 7.03. The van der Waals surface area contributed by atoms with Gasteiger partial charge in [-0.3, -0.25) is 9.10 Å². The number of furan rings is 1. The standard InChI is InChI=1S/C28H32N2O6S/c1-5-35-24(32)9-7-6-8-16-30(37(4,33)34)27-22(20-14-15-20)17-23-25(19(3)31)26(36-28(23)29-27)21-12-10-18(2)11-13-21/h7,9-13,17,20H,5-6,8,14-16H2,1-4H3/b9-7+. The summed E-state index contributed by atoms with van der Waals surface area (Å²) < 4.78 is 38.0. The van der Waals surface area contributed by atoms with E-state index in [0.29, 0.717) is 42.0 Å². The number of unbranched alkanes of at least 4 members (excludes halogenated alkanes) is 1. The van der Waals surface area contributed by atoms with Crippen molar-refractivity contribution in [1.29, 1.82) is 0 Å². The fourth-order valence-electron chi connectivity index (χ4n) is 4.33. The molecule has 1 aromatic carbocycles. The molecule has 0 bridgehead atoms. The molecule has 0 unspecified atom stereocenters. The summed E-state index contributed by atoms with van der Waals surface area (Å²) in [6, 6.07) is 9.57. The summed E-state index contributed by atoms with van der Waals surface area (Å²) in [4.78, 5) is 28.9. The number of fused-ring (bicyclic) bond motifs is 1. The third kappa shape index (κ3) is 6.10. The van der Waals surface area contributed by atoms with Crippen LogP contribution < -0.4 is 4.31 Å². The third-order valence-electron chi connectivity index (χ3n) is 6.28. The molecule has 0 amide bonds. The van der Waals surface area contributed by atoms with Gasteiger partial charge in [0.05, 0.1) is 23.8 Å². The van der Waals surface area contributed by atoms with Gasteiger partial charge < -0.3 is 9.15 Å². The lowest BCUT2D eigenvalue weighted by atomic mass is 10.0. The molecular weight excluding hydrogens is 492 g/mol. The van der Waals surface area contributed by atoms with Crippen LogP contribution in [0.1, 0.15) is 66.9 Å². The molecule has 37 heavy (non-hydrogen) atoms. The summed E-state index contributed by atoms with van der Waals surface area (Å²) in [5.41, 5.74) is 3.34. The van der Waals surface area contributed by atoms with Crippen molar-refractivity contribution in [2.24, 2.45) is 0 Å². The second-order valence-corrected chi connectivity index (χ2v) is 11.3. The van der Waals surface area contributed by atoms with Crippen LogP contribution in [-0.4, -0.2) is 44.6 Å². The van der Waals surface area contributed by atoms with E-state index in [1.54, 1.807) is 13.0 Å². The Kier molecular flexibility index (Phi) is 7.82. The van der Waals surface area contributed by atoms with Gasteiger partial charge in [0.1, 0.15) is 11.6 Å². The number of nitrogens with zero attached hydrogens (tertiary/aromatic N) is 2. The second kappa shape index (κ2) is 10.9. The van der Waals surface area contributed by atoms with Crippen LogP contribution in [-0.2, 0) is 19.6 Å². The van der Waals surface area contributed by atoms with Crippen molar-refractivity contribution in [3.05, 3.63) is 59.2 Å². The summed E-state index contributed by atoms with van der Waals surface area (Å²) in [7, 11) is -3.66. The average molecular weight is 525 g/mol. The molecule has 0 N–H and O–H groups in total. The van der Waals surface area contributed by atoms with Gasteiger partial charge in [-0.05, 0) is 64.0 Å². The number of esters is 1. The Morgan fingerprint density at radius 3 is 2.51 bits per heavy atom. The highest BCUT2D eigenvalue weighted by atomic mass is 32.2. The van der Waals surface area contributed by atoms with Crippen molar-refractivity contribution in [2.45, 2.75) is 52.4 Å². The number of carbonyl (C=O) groups is 2. The minimum absolute atomic E-state index is 0.140. The maximum atomic E-state index is 12.9. The Morgan fingerprint density at radius 1 is 1.22 bits per heavy atom. The molecule has 196 valence electrons. The Hall–Kier alpha value is -3.46. The summed E-state index contributed by atoms with van der Waals surface area (Å²) in [5.74, 6) is 0.389. The van der Waals surface area contributed by atoms with Gasteiger partial charge in [-0.15, -0.1) is 0 Å². The maximum Gasteiger partial charge on any atom is 0.330 e. The monoisotopic (exact) mass is 524 g/mol. The van der Waals surface area contributed by atoms with E-state index in [4.69, 9.17) is 14.1 Å². The lowest BCUT2D eigenvalue weighted by molar-refractivity contribution is -0.137. The molecule has 4 rings (SSSR count). The van der Waals surface area contributed by atoms with Gasteiger partial charge >= 0.3 is 5.97 Å². The van der Waals surface area contributed by atoms with E-state index < -0.39 is 16.0 Å². The first-order valence-electron chi connectivity index (χ1n) is 12.5. The smallest absolute Gasteiger partial charge is 0.330 e. The van der Waals surface area contributed by atoms with Crippen molar-refractivity contribution in [3.63, 3.8) is 0 Å². The van der Waals surface area contributed by atoms with Crippen molar-refractivity contribution in [2.75, 3.05) is 23.7 Å². The van der Waals surface area contributed by atoms with Crippen molar-refractivity contribution >= 4 is 38.7 Å². The number of benzene rings is 1. The zero-order chi connectivity index (χ0) is 26.7. The molecular formula is C28H32N2O6S. The van der Waals surface area contributed by atoms with E-state index in [0.717, 1.165) is 35.8 Å². The van der Waals surface area contributed by atoms with Gasteiger partial charge in [-0.25, -0.2) is 13.2 Å². The molecule has 0 radical (unpaired) electrons. The van der Waals surface area contributed by atoms with E-state index in [9.17, 15) is 18.0 Å². The Bertz CT molecular complexity index is 1450. The number of ketones is 1. The molecule has 1 aliphatic rings. The lowest BCUT2D eigenvalue weighted by Crippen LogP contribution is -2.32. The zero-order valence-corrected chi connectivity index (χ0v) is 22.4. The topological polar surface area (TPSA) is 107 Å². The highest BCUT2D eigenvalue weighted by molar-refractivity contribution is 7.92. The van der Waals surface area contributed by atoms with Crippen LogP contribution in [0.4, 0.5) is 5.82 Å². The molecule has 1 fully saturated rings. The summed E-state index contributed by atoms with van der Waals surface area (Å²) >= 11 is 0. The molecule has 0 saturated heterocycles. The van der Waals surface area contributed by atoms with E-state index in [1.807, 2.05) is 37.3 Å².